The Balaban J connectivity index is 2.77. The van der Waals surface area contributed by atoms with Gasteiger partial charge in [-0.25, -0.2) is 8.42 Å². The maximum absolute atomic E-state index is 11.4. The lowest BCUT2D eigenvalue weighted by Crippen LogP contribution is -2.22. The Bertz CT molecular complexity index is 485. The summed E-state index contributed by atoms with van der Waals surface area (Å²) in [6, 6.07) is 7.21. The minimum absolute atomic E-state index is 0.496. The lowest BCUT2D eigenvalue weighted by atomic mass is 10.2. The Morgan fingerprint density at radius 1 is 1.38 bits per heavy atom. The van der Waals surface area contributed by atoms with Crippen molar-refractivity contribution < 1.29 is 13.2 Å². The first-order valence-corrected chi connectivity index (χ1v) is 7.72. The molecule has 0 aliphatic rings. The highest BCUT2D eigenvalue weighted by molar-refractivity contribution is 9.08. The molecule has 1 aromatic carbocycles. The van der Waals surface area contributed by atoms with Gasteiger partial charge in [0.15, 0.2) is 9.84 Å². The van der Waals surface area contributed by atoms with Gasteiger partial charge in [-0.1, -0.05) is 34.1 Å². The van der Waals surface area contributed by atoms with Gasteiger partial charge in [-0.2, -0.15) is 0 Å². The second kappa shape index (κ2) is 5.45. The van der Waals surface area contributed by atoms with Gasteiger partial charge >= 0.3 is 0 Å². The number of para-hydroxylation sites is 1. The van der Waals surface area contributed by atoms with Crippen LogP contribution >= 0.6 is 15.9 Å². The molecule has 6 heteroatoms. The van der Waals surface area contributed by atoms with Gasteiger partial charge < -0.3 is 5.32 Å². The zero-order valence-electron chi connectivity index (χ0n) is 8.73. The standard InChI is InChI=1S/C10H12BrNO3S/c1-16(14,15)7-10(13)12-9-5-3-2-4-8(9)6-11/h2-5H,6-7H2,1H3,(H,12,13). The topological polar surface area (TPSA) is 63.2 Å². The third kappa shape index (κ3) is 4.32. The van der Waals surface area contributed by atoms with E-state index in [2.05, 4.69) is 21.2 Å². The van der Waals surface area contributed by atoms with Crippen LogP contribution in [0.2, 0.25) is 0 Å². The lowest BCUT2D eigenvalue weighted by molar-refractivity contribution is -0.113. The number of hydrogen-bond donors (Lipinski definition) is 1. The third-order valence-electron chi connectivity index (χ3n) is 1.83. The van der Waals surface area contributed by atoms with Gasteiger partial charge in [-0.05, 0) is 11.6 Å². The molecule has 0 aliphatic heterocycles. The van der Waals surface area contributed by atoms with Gasteiger partial charge in [0.1, 0.15) is 5.75 Å². The average Bonchev–Trinajstić information content (AvgIpc) is 2.15. The van der Waals surface area contributed by atoms with Gasteiger partial charge in [0, 0.05) is 17.3 Å². The highest BCUT2D eigenvalue weighted by atomic mass is 79.9. The fourth-order valence-electron chi connectivity index (χ4n) is 1.18. The molecule has 0 saturated heterocycles. The Labute approximate surface area is 103 Å². The molecule has 0 aromatic heterocycles. The van der Waals surface area contributed by atoms with Gasteiger partial charge in [-0.3, -0.25) is 4.79 Å². The monoisotopic (exact) mass is 305 g/mol. The van der Waals surface area contributed by atoms with Crippen molar-refractivity contribution in [2.45, 2.75) is 5.33 Å². The van der Waals surface area contributed by atoms with Crippen LogP contribution in [0.4, 0.5) is 5.69 Å². The van der Waals surface area contributed by atoms with Gasteiger partial charge in [0.2, 0.25) is 5.91 Å². The highest BCUT2D eigenvalue weighted by Gasteiger charge is 2.12. The van der Waals surface area contributed by atoms with Crippen LogP contribution in [0.25, 0.3) is 0 Å². The second-order valence-electron chi connectivity index (χ2n) is 3.41. The number of carbonyl (C=O) groups excluding carboxylic acids is 1. The molecule has 0 fully saturated rings. The summed E-state index contributed by atoms with van der Waals surface area (Å²) in [7, 11) is -3.29. The first-order valence-electron chi connectivity index (χ1n) is 4.54. The zero-order valence-corrected chi connectivity index (χ0v) is 11.1. The molecule has 0 atom stereocenters. The molecule has 16 heavy (non-hydrogen) atoms. The molecule has 0 heterocycles. The zero-order chi connectivity index (χ0) is 12.2. The molecule has 0 spiro atoms. The molecule has 4 nitrogen and oxygen atoms in total. The van der Waals surface area contributed by atoms with Crippen molar-refractivity contribution in [3.8, 4) is 0 Å². The second-order valence-corrected chi connectivity index (χ2v) is 6.11. The van der Waals surface area contributed by atoms with Crippen LogP contribution < -0.4 is 5.32 Å². The average molecular weight is 306 g/mol. The summed E-state index contributed by atoms with van der Waals surface area (Å²) in [6.45, 7) is 0. The molecule has 1 amide bonds. The number of sulfone groups is 1. The first-order chi connectivity index (χ1) is 7.42. The fourth-order valence-corrected chi connectivity index (χ4v) is 2.22. The van der Waals surface area contributed by atoms with Crippen LogP contribution in [0.3, 0.4) is 0 Å². The van der Waals surface area contributed by atoms with Crippen LogP contribution in [0.5, 0.6) is 0 Å². The van der Waals surface area contributed by atoms with Crippen molar-refractivity contribution in [3.63, 3.8) is 0 Å². The largest absolute Gasteiger partial charge is 0.325 e. The molecule has 0 bridgehead atoms. The van der Waals surface area contributed by atoms with Crippen LogP contribution in [-0.4, -0.2) is 26.3 Å². The maximum atomic E-state index is 11.4. The number of halogens is 1. The molecule has 0 unspecified atom stereocenters. The van der Waals surface area contributed by atoms with E-state index in [-0.39, 0.29) is 0 Å². The molecule has 1 N–H and O–H groups in total. The predicted octanol–water partition coefficient (Wildman–Crippen LogP) is 1.56. The highest BCUT2D eigenvalue weighted by Crippen LogP contribution is 2.17. The summed E-state index contributed by atoms with van der Waals surface area (Å²) in [5.74, 6) is -1.01. The molecular weight excluding hydrogens is 294 g/mol. The van der Waals surface area contributed by atoms with Crippen molar-refractivity contribution in [2.75, 3.05) is 17.3 Å². The van der Waals surface area contributed by atoms with E-state index in [9.17, 15) is 13.2 Å². The van der Waals surface area contributed by atoms with Gasteiger partial charge in [0.25, 0.3) is 0 Å². The summed E-state index contributed by atoms with van der Waals surface area (Å²) in [5, 5.41) is 3.17. The van der Waals surface area contributed by atoms with E-state index < -0.39 is 21.5 Å². The van der Waals surface area contributed by atoms with Crippen LogP contribution in [0, 0.1) is 0 Å². The molecule has 0 aliphatic carbocycles. The minimum Gasteiger partial charge on any atom is -0.325 e. The summed E-state index contributed by atoms with van der Waals surface area (Å²) < 4.78 is 21.8. The summed E-state index contributed by atoms with van der Waals surface area (Å²) in [5.41, 5.74) is 1.54. The molecule has 0 radical (unpaired) electrons. The molecule has 1 rings (SSSR count). The van der Waals surface area contributed by atoms with E-state index >= 15 is 0 Å². The maximum Gasteiger partial charge on any atom is 0.239 e. The quantitative estimate of drug-likeness (QED) is 0.859. The van der Waals surface area contributed by atoms with Crippen molar-refractivity contribution in [2.24, 2.45) is 0 Å². The summed E-state index contributed by atoms with van der Waals surface area (Å²) in [6.07, 6.45) is 1.03. The van der Waals surface area contributed by atoms with E-state index in [1.54, 1.807) is 12.1 Å². The fraction of sp³-hybridized carbons (Fsp3) is 0.300. The number of amides is 1. The normalized spacial score (nSPS) is 11.1. The molecular formula is C10H12BrNO3S. The number of carbonyl (C=O) groups is 1. The number of alkyl halides is 1. The predicted molar refractivity (Wildman–Crippen MR) is 67.4 cm³/mol. The van der Waals surface area contributed by atoms with E-state index in [0.717, 1.165) is 11.8 Å². The Morgan fingerprint density at radius 3 is 2.56 bits per heavy atom. The minimum atomic E-state index is -3.29. The van der Waals surface area contributed by atoms with Crippen LogP contribution in [-0.2, 0) is 20.0 Å². The lowest BCUT2D eigenvalue weighted by Gasteiger charge is -2.08. The Kier molecular flexibility index (Phi) is 4.49. The number of anilines is 1. The van der Waals surface area contributed by atoms with E-state index in [1.807, 2.05) is 12.1 Å². The number of benzene rings is 1. The number of rotatable bonds is 4. The van der Waals surface area contributed by atoms with E-state index in [4.69, 9.17) is 0 Å². The smallest absolute Gasteiger partial charge is 0.239 e. The Hall–Kier alpha value is -0.880. The third-order valence-corrected chi connectivity index (χ3v) is 3.22. The van der Waals surface area contributed by atoms with Crippen molar-refractivity contribution >= 4 is 37.4 Å². The first kappa shape index (κ1) is 13.2. The van der Waals surface area contributed by atoms with Crippen molar-refractivity contribution in [1.29, 1.82) is 0 Å². The van der Waals surface area contributed by atoms with Crippen molar-refractivity contribution in [1.82, 2.24) is 0 Å². The van der Waals surface area contributed by atoms with Crippen molar-refractivity contribution in [3.05, 3.63) is 29.8 Å². The molecule has 0 saturated carbocycles. The van der Waals surface area contributed by atoms with Crippen LogP contribution in [0.1, 0.15) is 5.56 Å². The summed E-state index contributed by atoms with van der Waals surface area (Å²) >= 11 is 3.29. The molecule has 88 valence electrons. The van der Waals surface area contributed by atoms with Gasteiger partial charge in [0.05, 0.1) is 0 Å². The number of nitrogens with one attached hydrogen (secondary N) is 1. The number of hydrogen-bond acceptors (Lipinski definition) is 3. The SMILES string of the molecule is CS(=O)(=O)CC(=O)Nc1ccccc1CBr. The van der Waals surface area contributed by atoms with E-state index in [1.165, 1.54) is 0 Å². The van der Waals surface area contributed by atoms with Crippen LogP contribution in [0.15, 0.2) is 24.3 Å². The Morgan fingerprint density at radius 2 is 2.00 bits per heavy atom. The molecule has 1 aromatic rings. The summed E-state index contributed by atoms with van der Waals surface area (Å²) in [4.78, 5) is 11.4. The van der Waals surface area contributed by atoms with Gasteiger partial charge in [-0.15, -0.1) is 0 Å². The van der Waals surface area contributed by atoms with E-state index in [0.29, 0.717) is 11.0 Å².